The fourth-order valence-corrected chi connectivity index (χ4v) is 5.03. The predicted octanol–water partition coefficient (Wildman–Crippen LogP) is 3.71. The van der Waals surface area contributed by atoms with E-state index in [-0.39, 0.29) is 17.0 Å². The SMILES string of the molecule is CCN(c1ccccc1)S(=O)(=O)c1cccc(C(=O)OCC(=O)c2ccc3c(c2)OCCO3)c1. The smallest absolute Gasteiger partial charge is 0.338 e. The zero-order chi connectivity index (χ0) is 24.1. The highest BCUT2D eigenvalue weighted by Gasteiger charge is 2.25. The number of anilines is 1. The molecule has 176 valence electrons. The Kier molecular flexibility index (Phi) is 6.83. The van der Waals surface area contributed by atoms with Gasteiger partial charge >= 0.3 is 5.97 Å². The first-order valence-electron chi connectivity index (χ1n) is 10.7. The Morgan fingerprint density at radius 2 is 1.62 bits per heavy atom. The average molecular weight is 482 g/mol. The maximum atomic E-state index is 13.2. The van der Waals surface area contributed by atoms with Crippen molar-refractivity contribution in [3.05, 3.63) is 83.9 Å². The standard InChI is InChI=1S/C25H23NO7S/c1-2-26(20-8-4-3-5-9-20)34(29,30)21-10-6-7-19(15-21)25(28)33-17-22(27)18-11-12-23-24(16-18)32-14-13-31-23/h3-12,15-16H,2,13-14,17H2,1H3. The molecule has 0 spiro atoms. The van der Waals surface area contributed by atoms with Crippen LogP contribution in [-0.2, 0) is 14.8 Å². The van der Waals surface area contributed by atoms with E-state index >= 15 is 0 Å². The lowest BCUT2D eigenvalue weighted by Crippen LogP contribution is -2.30. The number of rotatable bonds is 8. The lowest BCUT2D eigenvalue weighted by molar-refractivity contribution is 0.0474. The molecule has 0 bridgehead atoms. The van der Waals surface area contributed by atoms with Crippen molar-refractivity contribution in [1.29, 1.82) is 0 Å². The maximum Gasteiger partial charge on any atom is 0.338 e. The van der Waals surface area contributed by atoms with Gasteiger partial charge in [-0.1, -0.05) is 24.3 Å². The Morgan fingerprint density at radius 1 is 0.882 bits per heavy atom. The topological polar surface area (TPSA) is 99.2 Å². The summed E-state index contributed by atoms with van der Waals surface area (Å²) >= 11 is 0. The van der Waals surface area contributed by atoms with Crippen molar-refractivity contribution in [1.82, 2.24) is 0 Å². The highest BCUT2D eigenvalue weighted by Crippen LogP contribution is 2.31. The molecule has 3 aromatic rings. The van der Waals surface area contributed by atoms with E-state index in [2.05, 4.69) is 0 Å². The van der Waals surface area contributed by atoms with Gasteiger partial charge in [0.2, 0.25) is 0 Å². The van der Waals surface area contributed by atoms with Crippen molar-refractivity contribution in [3.63, 3.8) is 0 Å². The van der Waals surface area contributed by atoms with Crippen LogP contribution in [0.3, 0.4) is 0 Å². The van der Waals surface area contributed by atoms with Crippen molar-refractivity contribution in [2.75, 3.05) is 30.7 Å². The van der Waals surface area contributed by atoms with Gasteiger partial charge in [-0.2, -0.15) is 0 Å². The number of ketones is 1. The molecule has 0 saturated carbocycles. The van der Waals surface area contributed by atoms with E-state index < -0.39 is 28.4 Å². The molecule has 0 aromatic heterocycles. The number of Topliss-reactive ketones (excluding diaryl/α,β-unsaturated/α-hetero) is 1. The summed E-state index contributed by atoms with van der Waals surface area (Å²) in [7, 11) is -3.91. The highest BCUT2D eigenvalue weighted by atomic mass is 32.2. The van der Waals surface area contributed by atoms with Gasteiger partial charge in [0.25, 0.3) is 10.0 Å². The Morgan fingerprint density at radius 3 is 2.35 bits per heavy atom. The van der Waals surface area contributed by atoms with Crippen LogP contribution in [0.4, 0.5) is 5.69 Å². The summed E-state index contributed by atoms with van der Waals surface area (Å²) in [6, 6.07) is 19.0. The molecule has 1 heterocycles. The third-order valence-corrected chi connectivity index (χ3v) is 7.09. The van der Waals surface area contributed by atoms with E-state index in [0.29, 0.717) is 36.0 Å². The number of esters is 1. The third kappa shape index (κ3) is 4.89. The fourth-order valence-electron chi connectivity index (χ4n) is 3.51. The molecule has 0 atom stereocenters. The number of para-hydroxylation sites is 1. The van der Waals surface area contributed by atoms with E-state index in [1.165, 1.54) is 28.6 Å². The summed E-state index contributed by atoms with van der Waals surface area (Å²) in [6.45, 7) is 2.27. The van der Waals surface area contributed by atoms with Gasteiger partial charge in [0, 0.05) is 12.1 Å². The van der Waals surface area contributed by atoms with Crippen molar-refractivity contribution < 1.29 is 32.2 Å². The van der Waals surface area contributed by atoms with Crippen molar-refractivity contribution in [3.8, 4) is 11.5 Å². The van der Waals surface area contributed by atoms with Crippen LogP contribution in [0.2, 0.25) is 0 Å². The van der Waals surface area contributed by atoms with Crippen LogP contribution >= 0.6 is 0 Å². The highest BCUT2D eigenvalue weighted by molar-refractivity contribution is 7.92. The van der Waals surface area contributed by atoms with Gasteiger partial charge < -0.3 is 14.2 Å². The molecule has 1 aliphatic heterocycles. The second-order valence-corrected chi connectivity index (χ2v) is 9.25. The molecule has 1 aliphatic rings. The number of sulfonamides is 1. The van der Waals surface area contributed by atoms with Gasteiger partial charge in [-0.05, 0) is 55.5 Å². The summed E-state index contributed by atoms with van der Waals surface area (Å²) in [5, 5.41) is 0. The molecular weight excluding hydrogens is 458 g/mol. The monoisotopic (exact) mass is 481 g/mol. The molecule has 0 N–H and O–H groups in total. The summed E-state index contributed by atoms with van der Waals surface area (Å²) in [6.07, 6.45) is 0. The molecule has 3 aromatic carbocycles. The first kappa shape index (κ1) is 23.3. The van der Waals surface area contributed by atoms with Crippen LogP contribution < -0.4 is 13.8 Å². The predicted molar refractivity (Wildman–Crippen MR) is 125 cm³/mol. The first-order valence-corrected chi connectivity index (χ1v) is 12.1. The lowest BCUT2D eigenvalue weighted by Gasteiger charge is -2.23. The normalized spacial score (nSPS) is 12.6. The number of hydrogen-bond acceptors (Lipinski definition) is 7. The number of nitrogens with zero attached hydrogens (tertiary/aromatic N) is 1. The second-order valence-electron chi connectivity index (χ2n) is 7.39. The largest absolute Gasteiger partial charge is 0.486 e. The quantitative estimate of drug-likeness (QED) is 0.357. The van der Waals surface area contributed by atoms with Crippen LogP contribution in [0.5, 0.6) is 11.5 Å². The molecule has 34 heavy (non-hydrogen) atoms. The van der Waals surface area contributed by atoms with Gasteiger partial charge in [0.15, 0.2) is 23.9 Å². The van der Waals surface area contributed by atoms with Gasteiger partial charge in [0.1, 0.15) is 13.2 Å². The Bertz CT molecular complexity index is 1310. The molecule has 4 rings (SSSR count). The number of hydrogen-bond donors (Lipinski definition) is 0. The van der Waals surface area contributed by atoms with Gasteiger partial charge in [-0.25, -0.2) is 13.2 Å². The van der Waals surface area contributed by atoms with Crippen molar-refractivity contribution >= 4 is 27.5 Å². The molecule has 8 nitrogen and oxygen atoms in total. The Hall–Kier alpha value is -3.85. The van der Waals surface area contributed by atoms with Crippen molar-refractivity contribution in [2.24, 2.45) is 0 Å². The molecule has 0 amide bonds. The second kappa shape index (κ2) is 9.96. The van der Waals surface area contributed by atoms with Crippen LogP contribution in [0.15, 0.2) is 77.7 Å². The fraction of sp³-hybridized carbons (Fsp3) is 0.200. The van der Waals surface area contributed by atoms with Crippen LogP contribution in [0.25, 0.3) is 0 Å². The lowest BCUT2D eigenvalue weighted by atomic mass is 10.1. The minimum Gasteiger partial charge on any atom is -0.486 e. The average Bonchev–Trinajstić information content (AvgIpc) is 2.87. The van der Waals surface area contributed by atoms with Gasteiger partial charge in [-0.15, -0.1) is 0 Å². The molecule has 0 saturated heterocycles. The summed E-state index contributed by atoms with van der Waals surface area (Å²) < 4.78 is 43.7. The van der Waals surface area contributed by atoms with E-state index in [4.69, 9.17) is 14.2 Å². The number of benzene rings is 3. The number of carbonyl (C=O) groups excluding carboxylic acids is 2. The van der Waals surface area contributed by atoms with E-state index in [9.17, 15) is 18.0 Å². The minimum absolute atomic E-state index is 0.0279. The Labute approximate surface area is 197 Å². The van der Waals surface area contributed by atoms with E-state index in [1.807, 2.05) is 0 Å². The Balaban J connectivity index is 1.47. The summed E-state index contributed by atoms with van der Waals surface area (Å²) in [5.74, 6) is -0.212. The molecule has 0 radical (unpaired) electrons. The molecule has 0 fully saturated rings. The van der Waals surface area contributed by atoms with Crippen molar-refractivity contribution in [2.45, 2.75) is 11.8 Å². The van der Waals surface area contributed by atoms with Gasteiger partial charge in [-0.3, -0.25) is 9.10 Å². The third-order valence-electron chi connectivity index (χ3n) is 5.19. The maximum absolute atomic E-state index is 13.2. The number of ether oxygens (including phenoxy) is 3. The van der Waals surface area contributed by atoms with Crippen LogP contribution in [0, 0.1) is 0 Å². The molecule has 0 aliphatic carbocycles. The summed E-state index contributed by atoms with van der Waals surface area (Å²) in [5.41, 5.74) is 0.859. The van der Waals surface area contributed by atoms with Crippen LogP contribution in [-0.4, -0.2) is 46.5 Å². The molecule has 0 unspecified atom stereocenters. The zero-order valence-corrected chi connectivity index (χ0v) is 19.3. The molecule has 9 heteroatoms. The summed E-state index contributed by atoms with van der Waals surface area (Å²) in [4.78, 5) is 25.0. The minimum atomic E-state index is -3.91. The first-order chi connectivity index (χ1) is 16.4. The number of carbonyl (C=O) groups is 2. The molecular formula is C25H23NO7S. The van der Waals surface area contributed by atoms with E-state index in [0.717, 1.165) is 0 Å². The van der Waals surface area contributed by atoms with Gasteiger partial charge in [0.05, 0.1) is 16.1 Å². The van der Waals surface area contributed by atoms with E-state index in [1.54, 1.807) is 55.5 Å². The number of fused-ring (bicyclic) bond motifs is 1. The zero-order valence-electron chi connectivity index (χ0n) is 18.5. The van der Waals surface area contributed by atoms with Crippen LogP contribution in [0.1, 0.15) is 27.6 Å².